The summed E-state index contributed by atoms with van der Waals surface area (Å²) in [5.41, 5.74) is 2.17. The highest BCUT2D eigenvalue weighted by molar-refractivity contribution is 5.94. The molecule has 0 saturated heterocycles. The van der Waals surface area contributed by atoms with Crippen molar-refractivity contribution in [3.63, 3.8) is 0 Å². The third-order valence-electron chi connectivity index (χ3n) is 3.34. The number of hydrogen-bond acceptors (Lipinski definition) is 3. The van der Waals surface area contributed by atoms with Crippen molar-refractivity contribution in [1.29, 1.82) is 0 Å². The van der Waals surface area contributed by atoms with Crippen LogP contribution >= 0.6 is 0 Å². The zero-order valence-corrected chi connectivity index (χ0v) is 11.9. The van der Waals surface area contributed by atoms with Crippen molar-refractivity contribution in [2.45, 2.75) is 19.4 Å². The van der Waals surface area contributed by atoms with Crippen molar-refractivity contribution in [2.75, 3.05) is 6.61 Å². The average Bonchev–Trinajstić information content (AvgIpc) is 2.50. The van der Waals surface area contributed by atoms with E-state index in [1.54, 1.807) is 19.1 Å². The minimum absolute atomic E-state index is 0.127. The molecule has 0 aliphatic carbocycles. The first kappa shape index (κ1) is 15.1. The Kier molecular flexibility index (Phi) is 4.95. The molecule has 0 fully saturated rings. The number of amides is 1. The van der Waals surface area contributed by atoms with E-state index in [0.29, 0.717) is 17.5 Å². The minimum Gasteiger partial charge on any atom is -0.508 e. The molecule has 21 heavy (non-hydrogen) atoms. The summed E-state index contributed by atoms with van der Waals surface area (Å²) in [4.78, 5) is 12.2. The number of aromatic hydroxyl groups is 1. The summed E-state index contributed by atoms with van der Waals surface area (Å²) in [6.07, 6.45) is 0.570. The van der Waals surface area contributed by atoms with Crippen LogP contribution < -0.4 is 5.32 Å². The molecule has 3 N–H and O–H groups in total. The molecule has 1 amide bonds. The Morgan fingerprint density at radius 2 is 1.90 bits per heavy atom. The number of nitrogens with one attached hydrogen (secondary N) is 1. The fraction of sp³-hybridized carbons (Fsp3) is 0.235. The molecule has 0 saturated carbocycles. The summed E-state index contributed by atoms with van der Waals surface area (Å²) >= 11 is 0. The topological polar surface area (TPSA) is 69.6 Å². The first-order chi connectivity index (χ1) is 10.1. The third kappa shape index (κ3) is 4.07. The van der Waals surface area contributed by atoms with Gasteiger partial charge in [0.15, 0.2) is 0 Å². The van der Waals surface area contributed by atoms with Crippen molar-refractivity contribution in [3.8, 4) is 5.75 Å². The molecule has 0 aliphatic rings. The van der Waals surface area contributed by atoms with E-state index in [0.717, 1.165) is 5.56 Å². The largest absolute Gasteiger partial charge is 0.508 e. The number of carbonyl (C=O) groups is 1. The molecule has 0 unspecified atom stereocenters. The van der Waals surface area contributed by atoms with Crippen LogP contribution in [0.1, 0.15) is 21.5 Å². The fourth-order valence-corrected chi connectivity index (χ4v) is 2.13. The average molecular weight is 285 g/mol. The molecule has 2 aromatic carbocycles. The van der Waals surface area contributed by atoms with Crippen LogP contribution in [0, 0.1) is 6.92 Å². The van der Waals surface area contributed by atoms with E-state index in [-0.39, 0.29) is 24.3 Å². The molecular weight excluding hydrogens is 266 g/mol. The van der Waals surface area contributed by atoms with Gasteiger partial charge in [-0.1, -0.05) is 30.3 Å². The lowest BCUT2D eigenvalue weighted by molar-refractivity contribution is 0.0916. The number of carbonyl (C=O) groups excluding carboxylic acids is 1. The highest BCUT2D eigenvalue weighted by atomic mass is 16.3. The zero-order valence-electron chi connectivity index (χ0n) is 11.9. The summed E-state index contributed by atoms with van der Waals surface area (Å²) in [6.45, 7) is 1.61. The summed E-state index contributed by atoms with van der Waals surface area (Å²) < 4.78 is 0. The smallest absolute Gasteiger partial charge is 0.251 e. The number of benzene rings is 2. The van der Waals surface area contributed by atoms with Crippen LogP contribution in [0.2, 0.25) is 0 Å². The SMILES string of the molecule is Cc1cc(C(=O)N[C@@H](CO)Cc2ccccc2)ccc1O. The van der Waals surface area contributed by atoms with Gasteiger partial charge in [-0.15, -0.1) is 0 Å². The predicted molar refractivity (Wildman–Crippen MR) is 81.3 cm³/mol. The van der Waals surface area contributed by atoms with Crippen LogP contribution in [0.15, 0.2) is 48.5 Å². The van der Waals surface area contributed by atoms with Crippen LogP contribution in [-0.2, 0) is 6.42 Å². The molecule has 0 aromatic heterocycles. The van der Waals surface area contributed by atoms with E-state index in [9.17, 15) is 15.0 Å². The van der Waals surface area contributed by atoms with E-state index in [4.69, 9.17) is 0 Å². The van der Waals surface area contributed by atoms with E-state index in [1.807, 2.05) is 30.3 Å². The van der Waals surface area contributed by atoms with Gasteiger partial charge in [-0.2, -0.15) is 0 Å². The van der Waals surface area contributed by atoms with Gasteiger partial charge in [0.05, 0.1) is 12.6 Å². The lowest BCUT2D eigenvalue weighted by Gasteiger charge is -2.16. The van der Waals surface area contributed by atoms with Crippen LogP contribution in [0.4, 0.5) is 0 Å². The van der Waals surface area contributed by atoms with Crippen LogP contribution in [0.25, 0.3) is 0 Å². The van der Waals surface area contributed by atoms with Gasteiger partial charge in [0.25, 0.3) is 5.91 Å². The van der Waals surface area contributed by atoms with Gasteiger partial charge in [0.2, 0.25) is 0 Å². The number of aliphatic hydroxyl groups is 1. The number of rotatable bonds is 5. The Hall–Kier alpha value is -2.33. The normalized spacial score (nSPS) is 11.9. The predicted octanol–water partition coefficient (Wildman–Crippen LogP) is 2.03. The maximum atomic E-state index is 12.2. The molecule has 0 spiro atoms. The molecule has 4 nitrogen and oxygen atoms in total. The molecule has 110 valence electrons. The molecule has 2 rings (SSSR count). The Labute approximate surface area is 124 Å². The van der Waals surface area contributed by atoms with Crippen molar-refractivity contribution < 1.29 is 15.0 Å². The van der Waals surface area contributed by atoms with Gasteiger partial charge in [0.1, 0.15) is 5.75 Å². The number of phenols is 1. The number of aliphatic hydroxyl groups excluding tert-OH is 1. The molecule has 4 heteroatoms. The van der Waals surface area contributed by atoms with Gasteiger partial charge in [-0.25, -0.2) is 0 Å². The molecule has 0 radical (unpaired) electrons. The highest BCUT2D eigenvalue weighted by Crippen LogP contribution is 2.17. The second-order valence-corrected chi connectivity index (χ2v) is 5.04. The van der Waals surface area contributed by atoms with Crippen molar-refractivity contribution >= 4 is 5.91 Å². The van der Waals surface area contributed by atoms with E-state index in [2.05, 4.69) is 5.32 Å². The van der Waals surface area contributed by atoms with Gasteiger partial charge in [0, 0.05) is 5.56 Å². The Bertz CT molecular complexity index is 611. The maximum Gasteiger partial charge on any atom is 0.251 e. The van der Waals surface area contributed by atoms with Crippen LogP contribution in [-0.4, -0.2) is 28.8 Å². The molecule has 0 aliphatic heterocycles. The third-order valence-corrected chi connectivity index (χ3v) is 3.34. The van der Waals surface area contributed by atoms with Crippen molar-refractivity contribution in [3.05, 3.63) is 65.2 Å². The zero-order chi connectivity index (χ0) is 15.2. The Morgan fingerprint density at radius 1 is 1.19 bits per heavy atom. The lowest BCUT2D eigenvalue weighted by atomic mass is 10.1. The second kappa shape index (κ2) is 6.90. The van der Waals surface area contributed by atoms with E-state index >= 15 is 0 Å². The van der Waals surface area contributed by atoms with Crippen molar-refractivity contribution in [1.82, 2.24) is 5.32 Å². The van der Waals surface area contributed by atoms with Gasteiger partial charge < -0.3 is 15.5 Å². The summed E-state index contributed by atoms with van der Waals surface area (Å²) in [5.74, 6) is -0.0948. The van der Waals surface area contributed by atoms with Gasteiger partial charge in [-0.05, 0) is 42.7 Å². The molecular formula is C17H19NO3. The number of hydrogen-bond donors (Lipinski definition) is 3. The van der Waals surface area contributed by atoms with Crippen LogP contribution in [0.5, 0.6) is 5.75 Å². The molecule has 2 aromatic rings. The fourth-order valence-electron chi connectivity index (χ4n) is 2.13. The first-order valence-electron chi connectivity index (χ1n) is 6.85. The monoisotopic (exact) mass is 285 g/mol. The van der Waals surface area contributed by atoms with E-state index in [1.165, 1.54) is 6.07 Å². The van der Waals surface area contributed by atoms with Gasteiger partial charge in [-0.3, -0.25) is 4.79 Å². The quantitative estimate of drug-likeness (QED) is 0.787. The molecule has 0 bridgehead atoms. The Balaban J connectivity index is 2.04. The second-order valence-electron chi connectivity index (χ2n) is 5.04. The highest BCUT2D eigenvalue weighted by Gasteiger charge is 2.14. The summed E-state index contributed by atoms with van der Waals surface area (Å²) in [5, 5.41) is 21.7. The van der Waals surface area contributed by atoms with E-state index < -0.39 is 0 Å². The Morgan fingerprint density at radius 3 is 2.52 bits per heavy atom. The molecule has 1 atom stereocenters. The summed E-state index contributed by atoms with van der Waals surface area (Å²) in [6, 6.07) is 14.0. The first-order valence-corrected chi connectivity index (χ1v) is 6.85. The van der Waals surface area contributed by atoms with Crippen LogP contribution in [0.3, 0.4) is 0 Å². The number of aryl methyl sites for hydroxylation is 1. The molecule has 0 heterocycles. The standard InChI is InChI=1S/C17H19NO3/c1-12-9-14(7-8-16(12)20)17(21)18-15(11-19)10-13-5-3-2-4-6-13/h2-9,15,19-20H,10-11H2,1H3,(H,18,21)/t15-/m1/s1. The van der Waals surface area contributed by atoms with Crippen molar-refractivity contribution in [2.24, 2.45) is 0 Å². The minimum atomic E-state index is -0.339. The lowest BCUT2D eigenvalue weighted by Crippen LogP contribution is -2.39. The van der Waals surface area contributed by atoms with Gasteiger partial charge >= 0.3 is 0 Å². The summed E-state index contributed by atoms with van der Waals surface area (Å²) in [7, 11) is 0. The number of phenolic OH excluding ortho intramolecular Hbond substituents is 1. The maximum absolute atomic E-state index is 12.2.